The molecule has 0 amide bonds. The van der Waals surface area contributed by atoms with E-state index in [1.807, 2.05) is 19.1 Å². The zero-order valence-corrected chi connectivity index (χ0v) is 21.4. The fourth-order valence-corrected chi connectivity index (χ4v) is 6.79. The molecule has 0 aromatic heterocycles. The van der Waals surface area contributed by atoms with Crippen LogP contribution in [0.4, 0.5) is 0 Å². The lowest BCUT2D eigenvalue weighted by molar-refractivity contribution is 0.0575. The maximum Gasteiger partial charge on any atom is 0.0849 e. The summed E-state index contributed by atoms with van der Waals surface area (Å²) in [6.45, 7) is 10.8. The minimum Gasteiger partial charge on any atom is -0.396 e. The van der Waals surface area contributed by atoms with Gasteiger partial charge in [0.2, 0.25) is 0 Å². The SMILES string of the molecule is C=C1/C(=C\C=C2/CCC[C@]3(C)[C@@H]([C@H](C)/C=C/C=C/C(O)(CC)CCO)CC[C@@H]23)C[C@@H](O)C[C@@H]1O. The van der Waals surface area contributed by atoms with E-state index in [9.17, 15) is 20.4 Å². The van der Waals surface area contributed by atoms with Gasteiger partial charge in [0.05, 0.1) is 17.8 Å². The lowest BCUT2D eigenvalue weighted by Crippen LogP contribution is -2.35. The molecule has 0 bridgehead atoms. The van der Waals surface area contributed by atoms with Gasteiger partial charge in [-0.2, -0.15) is 0 Å². The average molecular weight is 471 g/mol. The molecule has 3 rings (SSSR count). The van der Waals surface area contributed by atoms with Gasteiger partial charge >= 0.3 is 0 Å². The van der Waals surface area contributed by atoms with E-state index in [4.69, 9.17) is 0 Å². The lowest BCUT2D eigenvalue weighted by atomic mass is 9.61. The number of aliphatic hydroxyl groups is 4. The van der Waals surface area contributed by atoms with Gasteiger partial charge in [0.15, 0.2) is 0 Å². The van der Waals surface area contributed by atoms with E-state index in [0.29, 0.717) is 43.4 Å². The van der Waals surface area contributed by atoms with Crippen LogP contribution in [0.3, 0.4) is 0 Å². The molecule has 0 spiro atoms. The summed E-state index contributed by atoms with van der Waals surface area (Å²) in [6, 6.07) is 0. The molecule has 3 saturated carbocycles. The fraction of sp³-hybridized carbons (Fsp3) is 0.667. The summed E-state index contributed by atoms with van der Waals surface area (Å²) in [7, 11) is 0. The van der Waals surface area contributed by atoms with Crippen molar-refractivity contribution in [2.75, 3.05) is 6.61 Å². The number of hydrogen-bond acceptors (Lipinski definition) is 4. The summed E-state index contributed by atoms with van der Waals surface area (Å²) in [5.41, 5.74) is 2.60. The van der Waals surface area contributed by atoms with Gasteiger partial charge in [0.1, 0.15) is 0 Å². The van der Waals surface area contributed by atoms with Crippen LogP contribution < -0.4 is 0 Å². The number of rotatable bonds is 8. The monoisotopic (exact) mass is 470 g/mol. The van der Waals surface area contributed by atoms with Gasteiger partial charge in [-0.25, -0.2) is 0 Å². The van der Waals surface area contributed by atoms with Crippen molar-refractivity contribution in [2.45, 2.75) is 96.4 Å². The molecule has 4 heteroatoms. The van der Waals surface area contributed by atoms with Crippen LogP contribution in [-0.2, 0) is 0 Å². The molecule has 0 heterocycles. The third-order valence-electron chi connectivity index (χ3n) is 9.03. The topological polar surface area (TPSA) is 80.9 Å². The van der Waals surface area contributed by atoms with Gasteiger partial charge in [-0.1, -0.05) is 69.4 Å². The minimum absolute atomic E-state index is 0.0155. The smallest absolute Gasteiger partial charge is 0.0849 e. The minimum atomic E-state index is -0.930. The van der Waals surface area contributed by atoms with E-state index in [1.165, 1.54) is 31.3 Å². The van der Waals surface area contributed by atoms with Crippen molar-refractivity contribution in [1.29, 1.82) is 0 Å². The molecule has 4 nitrogen and oxygen atoms in total. The number of hydrogen-bond donors (Lipinski definition) is 4. The van der Waals surface area contributed by atoms with Crippen molar-refractivity contribution >= 4 is 0 Å². The Labute approximate surface area is 206 Å². The molecule has 3 aliphatic carbocycles. The van der Waals surface area contributed by atoms with Crippen LogP contribution in [0.5, 0.6) is 0 Å². The molecule has 0 aliphatic heterocycles. The predicted octanol–water partition coefficient (Wildman–Crippen LogP) is 5.40. The lowest BCUT2D eigenvalue weighted by Gasteiger charge is -2.44. The number of fused-ring (bicyclic) bond motifs is 1. The Morgan fingerprint density at radius 1 is 1.21 bits per heavy atom. The Kier molecular flexibility index (Phi) is 9.19. The van der Waals surface area contributed by atoms with Crippen LogP contribution in [0, 0.1) is 23.2 Å². The quantitative estimate of drug-likeness (QED) is 0.358. The van der Waals surface area contributed by atoms with Gasteiger partial charge in [-0.05, 0) is 79.3 Å². The zero-order chi connectivity index (χ0) is 24.9. The van der Waals surface area contributed by atoms with Crippen LogP contribution in [-0.4, -0.2) is 44.8 Å². The maximum atomic E-state index is 10.5. The molecule has 7 atom stereocenters. The highest BCUT2D eigenvalue weighted by Crippen LogP contribution is 2.59. The molecule has 0 radical (unpaired) electrons. The molecule has 4 N–H and O–H groups in total. The Hall–Kier alpha value is -1.46. The number of allylic oxidation sites excluding steroid dienone is 6. The summed E-state index contributed by atoms with van der Waals surface area (Å²) >= 11 is 0. The maximum absolute atomic E-state index is 10.5. The zero-order valence-electron chi connectivity index (χ0n) is 21.4. The van der Waals surface area contributed by atoms with Crippen molar-refractivity contribution in [2.24, 2.45) is 23.2 Å². The number of aliphatic hydroxyl groups excluding tert-OH is 3. The van der Waals surface area contributed by atoms with Crippen LogP contribution >= 0.6 is 0 Å². The first-order valence-electron chi connectivity index (χ1n) is 13.3. The van der Waals surface area contributed by atoms with Crippen molar-refractivity contribution in [3.63, 3.8) is 0 Å². The summed E-state index contributed by atoms with van der Waals surface area (Å²) in [5, 5.41) is 39.9. The van der Waals surface area contributed by atoms with Gasteiger partial charge < -0.3 is 20.4 Å². The highest BCUT2D eigenvalue weighted by atomic mass is 16.3. The highest BCUT2D eigenvalue weighted by molar-refractivity contribution is 5.38. The summed E-state index contributed by atoms with van der Waals surface area (Å²) in [4.78, 5) is 0. The van der Waals surface area contributed by atoms with Crippen LogP contribution in [0.25, 0.3) is 0 Å². The van der Waals surface area contributed by atoms with Crippen LogP contribution in [0.2, 0.25) is 0 Å². The van der Waals surface area contributed by atoms with E-state index in [-0.39, 0.29) is 12.0 Å². The molecule has 34 heavy (non-hydrogen) atoms. The van der Waals surface area contributed by atoms with Gasteiger partial charge in [-0.15, -0.1) is 0 Å². The summed E-state index contributed by atoms with van der Waals surface area (Å²) in [5.74, 6) is 1.65. The van der Waals surface area contributed by atoms with Crippen molar-refractivity contribution in [3.05, 3.63) is 59.8 Å². The first-order valence-corrected chi connectivity index (χ1v) is 13.3. The standard InChI is InChI=1S/C30H46O4/c1-5-30(34,17-18-31)16-7-6-9-21(2)26-13-14-27-23(10-8-15-29(26,27)4)11-12-24-19-25(32)20-28(33)22(24)3/h6-7,9,11-12,16,21,25-28,31-34H,3,5,8,10,13-15,17-20H2,1-2,4H3/b9-6+,16-7+,23-11+,24-12-/t21-,25-,26-,27+,28+,29-,30?/m1/s1. The molecule has 0 saturated heterocycles. The predicted molar refractivity (Wildman–Crippen MR) is 139 cm³/mol. The van der Waals surface area contributed by atoms with Gasteiger partial charge in [0.25, 0.3) is 0 Å². The average Bonchev–Trinajstić information content (AvgIpc) is 3.16. The third kappa shape index (κ3) is 6.02. The molecular formula is C30H46O4. The van der Waals surface area contributed by atoms with E-state index < -0.39 is 17.8 Å². The molecule has 1 unspecified atom stereocenters. The molecule has 3 fully saturated rings. The van der Waals surface area contributed by atoms with E-state index in [1.54, 1.807) is 0 Å². The van der Waals surface area contributed by atoms with E-state index in [2.05, 4.69) is 44.7 Å². The highest BCUT2D eigenvalue weighted by Gasteiger charge is 2.50. The molecule has 0 aromatic carbocycles. The Morgan fingerprint density at radius 2 is 1.97 bits per heavy atom. The fourth-order valence-electron chi connectivity index (χ4n) is 6.79. The second-order valence-electron chi connectivity index (χ2n) is 11.2. The molecular weight excluding hydrogens is 424 g/mol. The second kappa shape index (κ2) is 11.5. The van der Waals surface area contributed by atoms with E-state index >= 15 is 0 Å². The third-order valence-corrected chi connectivity index (χ3v) is 9.03. The van der Waals surface area contributed by atoms with Crippen molar-refractivity contribution in [3.8, 4) is 0 Å². The largest absolute Gasteiger partial charge is 0.396 e. The Morgan fingerprint density at radius 3 is 2.68 bits per heavy atom. The van der Waals surface area contributed by atoms with Crippen LogP contribution in [0.15, 0.2) is 59.8 Å². The van der Waals surface area contributed by atoms with Crippen molar-refractivity contribution in [1.82, 2.24) is 0 Å². The van der Waals surface area contributed by atoms with E-state index in [0.717, 1.165) is 17.6 Å². The summed E-state index contributed by atoms with van der Waals surface area (Å²) < 4.78 is 0. The Bertz CT molecular complexity index is 837. The molecule has 0 aromatic rings. The van der Waals surface area contributed by atoms with Crippen LogP contribution in [0.1, 0.15) is 78.6 Å². The van der Waals surface area contributed by atoms with Crippen molar-refractivity contribution < 1.29 is 20.4 Å². The molecule has 3 aliphatic rings. The first-order chi connectivity index (χ1) is 16.1. The van der Waals surface area contributed by atoms with Gasteiger partial charge in [0, 0.05) is 19.4 Å². The Balaban J connectivity index is 1.70. The second-order valence-corrected chi connectivity index (χ2v) is 11.2. The first kappa shape index (κ1) is 27.1. The van der Waals surface area contributed by atoms with Gasteiger partial charge in [-0.3, -0.25) is 0 Å². The molecule has 190 valence electrons. The summed E-state index contributed by atoms with van der Waals surface area (Å²) in [6.07, 6.45) is 19.3. The normalized spacial score (nSPS) is 37.6.